The predicted molar refractivity (Wildman–Crippen MR) is 67.5 cm³/mol. The number of hydrogen-bond donors (Lipinski definition) is 0. The van der Waals surface area contributed by atoms with Gasteiger partial charge in [-0.15, -0.1) is 11.8 Å². The van der Waals surface area contributed by atoms with Crippen LogP contribution in [-0.2, 0) is 4.74 Å². The Balaban J connectivity index is 2.55. The maximum Gasteiger partial charge on any atom is 0.343 e. The van der Waals surface area contributed by atoms with Crippen molar-refractivity contribution in [1.82, 2.24) is 9.61 Å². The molecular weight excluding hydrogens is 236 g/mol. The van der Waals surface area contributed by atoms with Crippen LogP contribution in [0.5, 0.6) is 0 Å². The molecule has 0 bridgehead atoms. The van der Waals surface area contributed by atoms with Crippen molar-refractivity contribution in [2.24, 2.45) is 0 Å². The molecule has 2 rings (SSSR count). The van der Waals surface area contributed by atoms with Gasteiger partial charge in [-0.2, -0.15) is 5.10 Å². The molecule has 0 radical (unpaired) electrons. The van der Waals surface area contributed by atoms with E-state index >= 15 is 0 Å². The van der Waals surface area contributed by atoms with Crippen molar-refractivity contribution in [3.63, 3.8) is 0 Å². The number of thioether (sulfide) groups is 1. The molecule has 5 heteroatoms. The van der Waals surface area contributed by atoms with Crippen LogP contribution in [0.25, 0.3) is 5.52 Å². The molecule has 0 aromatic carbocycles. The van der Waals surface area contributed by atoms with E-state index in [0.717, 1.165) is 16.3 Å². The van der Waals surface area contributed by atoms with Gasteiger partial charge in [-0.25, -0.2) is 9.31 Å². The summed E-state index contributed by atoms with van der Waals surface area (Å²) in [5.41, 5.74) is 1.36. The normalized spacial score (nSPS) is 10.7. The fourth-order valence-corrected chi connectivity index (χ4v) is 2.36. The van der Waals surface area contributed by atoms with Crippen molar-refractivity contribution in [1.29, 1.82) is 0 Å². The van der Waals surface area contributed by atoms with Crippen LogP contribution in [0.3, 0.4) is 0 Å². The Bertz CT molecular complexity index is 536. The zero-order chi connectivity index (χ0) is 12.3. The quantitative estimate of drug-likeness (QED) is 0.618. The van der Waals surface area contributed by atoms with Crippen molar-refractivity contribution in [2.45, 2.75) is 18.9 Å². The summed E-state index contributed by atoms with van der Waals surface area (Å²) in [6.07, 6.45) is 1.83. The van der Waals surface area contributed by atoms with Gasteiger partial charge in [0.15, 0.2) is 0 Å². The first-order valence-electron chi connectivity index (χ1n) is 5.55. The summed E-state index contributed by atoms with van der Waals surface area (Å²) >= 11 is 1.55. The van der Waals surface area contributed by atoms with E-state index in [1.165, 1.54) is 0 Å². The maximum absolute atomic E-state index is 11.9. The second-order valence-corrected chi connectivity index (χ2v) is 4.62. The van der Waals surface area contributed by atoms with Gasteiger partial charge < -0.3 is 4.74 Å². The number of esters is 1. The highest BCUT2D eigenvalue weighted by Gasteiger charge is 2.20. The van der Waals surface area contributed by atoms with Crippen molar-refractivity contribution in [2.75, 3.05) is 12.4 Å². The zero-order valence-corrected chi connectivity index (χ0v) is 10.7. The van der Waals surface area contributed by atoms with E-state index in [-0.39, 0.29) is 5.97 Å². The minimum atomic E-state index is -0.301. The SMILES string of the molecule is CCOC(=O)c1c(SCC)nn2ccccc12. The number of carbonyl (C=O) groups is 1. The van der Waals surface area contributed by atoms with Crippen LogP contribution in [0, 0.1) is 0 Å². The van der Waals surface area contributed by atoms with Gasteiger partial charge in [0.1, 0.15) is 10.6 Å². The lowest BCUT2D eigenvalue weighted by Crippen LogP contribution is -2.05. The number of aromatic nitrogens is 2. The lowest BCUT2D eigenvalue weighted by Gasteiger charge is -2.01. The van der Waals surface area contributed by atoms with Gasteiger partial charge in [0.05, 0.1) is 12.1 Å². The average Bonchev–Trinajstić information content (AvgIpc) is 2.67. The Morgan fingerprint density at radius 1 is 1.47 bits per heavy atom. The highest BCUT2D eigenvalue weighted by atomic mass is 32.2. The van der Waals surface area contributed by atoms with Crippen molar-refractivity contribution in [3.8, 4) is 0 Å². The lowest BCUT2D eigenvalue weighted by molar-refractivity contribution is 0.0524. The van der Waals surface area contributed by atoms with E-state index in [1.807, 2.05) is 31.3 Å². The molecule has 2 aromatic heterocycles. The summed E-state index contributed by atoms with van der Waals surface area (Å²) < 4.78 is 6.79. The molecule has 2 aromatic rings. The number of rotatable bonds is 4. The average molecular weight is 250 g/mol. The molecule has 0 saturated carbocycles. The molecule has 90 valence electrons. The first-order valence-corrected chi connectivity index (χ1v) is 6.53. The largest absolute Gasteiger partial charge is 0.462 e. The Morgan fingerprint density at radius 2 is 2.29 bits per heavy atom. The van der Waals surface area contributed by atoms with Crippen LogP contribution < -0.4 is 0 Å². The highest BCUT2D eigenvalue weighted by molar-refractivity contribution is 7.99. The van der Waals surface area contributed by atoms with E-state index in [9.17, 15) is 4.79 Å². The number of ether oxygens (including phenoxy) is 1. The van der Waals surface area contributed by atoms with Crippen LogP contribution in [0.4, 0.5) is 0 Å². The summed E-state index contributed by atoms with van der Waals surface area (Å²) in [5.74, 6) is 0.570. The third kappa shape index (κ3) is 2.29. The third-order valence-corrected chi connectivity index (χ3v) is 3.12. The summed E-state index contributed by atoms with van der Waals surface area (Å²) in [5, 5.41) is 5.12. The maximum atomic E-state index is 11.9. The topological polar surface area (TPSA) is 43.6 Å². The fraction of sp³-hybridized carbons (Fsp3) is 0.333. The van der Waals surface area contributed by atoms with Crippen LogP contribution in [0.15, 0.2) is 29.4 Å². The molecule has 0 aliphatic rings. The molecule has 2 heterocycles. The van der Waals surface area contributed by atoms with Gasteiger partial charge in [-0.05, 0) is 24.8 Å². The van der Waals surface area contributed by atoms with E-state index in [4.69, 9.17) is 4.74 Å². The van der Waals surface area contributed by atoms with Crippen molar-refractivity contribution in [3.05, 3.63) is 30.0 Å². The Morgan fingerprint density at radius 3 is 3.00 bits per heavy atom. The molecule has 0 spiro atoms. The van der Waals surface area contributed by atoms with Gasteiger partial charge in [0, 0.05) is 6.20 Å². The van der Waals surface area contributed by atoms with Crippen LogP contribution >= 0.6 is 11.8 Å². The summed E-state index contributed by atoms with van der Waals surface area (Å²) in [7, 11) is 0. The minimum absolute atomic E-state index is 0.301. The second-order valence-electron chi connectivity index (χ2n) is 3.36. The number of hydrogen-bond acceptors (Lipinski definition) is 4. The predicted octanol–water partition coefficient (Wildman–Crippen LogP) is 2.62. The molecule has 17 heavy (non-hydrogen) atoms. The summed E-state index contributed by atoms with van der Waals surface area (Å²) in [6, 6.07) is 5.65. The first kappa shape index (κ1) is 12.0. The monoisotopic (exact) mass is 250 g/mol. The van der Waals surface area contributed by atoms with Gasteiger partial charge in [-0.1, -0.05) is 13.0 Å². The van der Waals surface area contributed by atoms with Crippen molar-refractivity contribution >= 4 is 23.2 Å². The van der Waals surface area contributed by atoms with Crippen LogP contribution in [0.1, 0.15) is 24.2 Å². The highest BCUT2D eigenvalue weighted by Crippen LogP contribution is 2.25. The molecule has 0 aliphatic heterocycles. The van der Waals surface area contributed by atoms with E-state index in [2.05, 4.69) is 5.10 Å². The zero-order valence-electron chi connectivity index (χ0n) is 9.84. The summed E-state index contributed by atoms with van der Waals surface area (Å²) in [6.45, 7) is 4.21. The molecule has 0 atom stereocenters. The number of fused-ring (bicyclic) bond motifs is 1. The van der Waals surface area contributed by atoms with E-state index in [0.29, 0.717) is 12.2 Å². The number of nitrogens with zero attached hydrogens (tertiary/aromatic N) is 2. The second kappa shape index (κ2) is 5.23. The lowest BCUT2D eigenvalue weighted by atomic mass is 10.2. The standard InChI is InChI=1S/C12H14N2O2S/c1-3-16-12(15)10-9-7-5-6-8-14(9)13-11(10)17-4-2/h5-8H,3-4H2,1-2H3. The van der Waals surface area contributed by atoms with E-state index < -0.39 is 0 Å². The molecule has 4 nitrogen and oxygen atoms in total. The molecule has 0 unspecified atom stereocenters. The van der Waals surface area contributed by atoms with Gasteiger partial charge >= 0.3 is 5.97 Å². The molecular formula is C12H14N2O2S. The first-order chi connectivity index (χ1) is 8.27. The number of carbonyl (C=O) groups excluding carboxylic acids is 1. The van der Waals surface area contributed by atoms with Crippen LogP contribution in [-0.4, -0.2) is 27.9 Å². The molecule has 0 saturated heterocycles. The van der Waals surface area contributed by atoms with Gasteiger partial charge in [-0.3, -0.25) is 0 Å². The molecule has 0 aliphatic carbocycles. The Hall–Kier alpha value is -1.49. The van der Waals surface area contributed by atoms with Gasteiger partial charge in [0.25, 0.3) is 0 Å². The molecule has 0 amide bonds. The van der Waals surface area contributed by atoms with Crippen molar-refractivity contribution < 1.29 is 9.53 Å². The number of pyridine rings is 1. The Kier molecular flexibility index (Phi) is 3.68. The van der Waals surface area contributed by atoms with E-state index in [1.54, 1.807) is 23.2 Å². The Labute approximate surface area is 104 Å². The fourth-order valence-electron chi connectivity index (χ4n) is 1.61. The smallest absolute Gasteiger partial charge is 0.343 e. The summed E-state index contributed by atoms with van der Waals surface area (Å²) in [4.78, 5) is 11.9. The third-order valence-electron chi connectivity index (χ3n) is 2.27. The van der Waals surface area contributed by atoms with Gasteiger partial charge in [0.2, 0.25) is 0 Å². The molecule has 0 fully saturated rings. The van der Waals surface area contributed by atoms with Crippen LogP contribution in [0.2, 0.25) is 0 Å². The molecule has 0 N–H and O–H groups in total. The minimum Gasteiger partial charge on any atom is -0.462 e.